The van der Waals surface area contributed by atoms with Crippen LogP contribution in [0.2, 0.25) is 0 Å². The molecule has 2 N–H and O–H groups in total. The molecule has 0 bridgehead atoms. The van der Waals surface area contributed by atoms with Gasteiger partial charge in [0.25, 0.3) is 0 Å². The highest BCUT2D eigenvalue weighted by Crippen LogP contribution is 2.10. The molecule has 2 heteroatoms. The number of benzene rings is 1. The monoisotopic (exact) mass is 230 g/mol. The van der Waals surface area contributed by atoms with E-state index in [0.717, 1.165) is 25.9 Å². The van der Waals surface area contributed by atoms with Crippen LogP contribution in [0.25, 0.3) is 0 Å². The highest BCUT2D eigenvalue weighted by molar-refractivity contribution is 5.15. The largest absolute Gasteiger partial charge is 0.330 e. The number of nitrogens with zero attached hydrogens (tertiary/aromatic N) is 1. The van der Waals surface area contributed by atoms with E-state index in [9.17, 15) is 0 Å². The minimum atomic E-state index is 0.210. The standard InChI is InChI=1S/C15H22N2/c1-3-15(4-2)17(12-8-11-16)13-14-9-6-5-7-10-14/h1,5-7,9-10,15H,4,8,11-13,16H2,2H3. The molecule has 0 radical (unpaired) electrons. The summed E-state index contributed by atoms with van der Waals surface area (Å²) >= 11 is 0. The predicted molar refractivity (Wildman–Crippen MR) is 73.4 cm³/mol. The summed E-state index contributed by atoms with van der Waals surface area (Å²) in [5.74, 6) is 2.87. The molecule has 1 aromatic carbocycles. The Hall–Kier alpha value is -1.30. The second-order valence-electron chi connectivity index (χ2n) is 4.19. The maximum Gasteiger partial charge on any atom is 0.0712 e. The summed E-state index contributed by atoms with van der Waals surface area (Å²) in [6.45, 7) is 4.72. The quantitative estimate of drug-likeness (QED) is 0.728. The first-order chi connectivity index (χ1) is 8.31. The molecule has 92 valence electrons. The van der Waals surface area contributed by atoms with E-state index in [0.29, 0.717) is 6.54 Å². The van der Waals surface area contributed by atoms with Crippen molar-refractivity contribution in [3.05, 3.63) is 35.9 Å². The van der Waals surface area contributed by atoms with Crippen LogP contribution >= 0.6 is 0 Å². The minimum absolute atomic E-state index is 0.210. The Kier molecular flexibility index (Phi) is 6.39. The van der Waals surface area contributed by atoms with Gasteiger partial charge in [-0.2, -0.15) is 0 Å². The van der Waals surface area contributed by atoms with Gasteiger partial charge >= 0.3 is 0 Å². The third-order valence-electron chi connectivity index (χ3n) is 2.90. The molecular formula is C15H22N2. The number of nitrogens with two attached hydrogens (primary N) is 1. The molecule has 1 rings (SSSR count). The smallest absolute Gasteiger partial charge is 0.0712 e. The molecule has 0 heterocycles. The van der Waals surface area contributed by atoms with Crippen LogP contribution in [0, 0.1) is 12.3 Å². The first kappa shape index (κ1) is 13.8. The van der Waals surface area contributed by atoms with Gasteiger partial charge in [-0.15, -0.1) is 6.42 Å². The van der Waals surface area contributed by atoms with Gasteiger partial charge in [-0.25, -0.2) is 0 Å². The Labute approximate surface area is 105 Å². The summed E-state index contributed by atoms with van der Waals surface area (Å²) < 4.78 is 0. The van der Waals surface area contributed by atoms with Gasteiger partial charge in [0.1, 0.15) is 0 Å². The molecule has 0 aliphatic carbocycles. The third-order valence-corrected chi connectivity index (χ3v) is 2.90. The molecule has 1 atom stereocenters. The van der Waals surface area contributed by atoms with Gasteiger partial charge < -0.3 is 5.73 Å². The molecule has 0 fully saturated rings. The Balaban J connectivity index is 2.66. The molecule has 1 aromatic rings. The summed E-state index contributed by atoms with van der Waals surface area (Å²) in [6, 6.07) is 10.6. The molecule has 0 amide bonds. The van der Waals surface area contributed by atoms with Crippen LogP contribution < -0.4 is 5.73 Å². The summed E-state index contributed by atoms with van der Waals surface area (Å²) in [5, 5.41) is 0. The molecule has 0 saturated heterocycles. The van der Waals surface area contributed by atoms with Crippen molar-refractivity contribution < 1.29 is 0 Å². The topological polar surface area (TPSA) is 29.3 Å². The van der Waals surface area contributed by atoms with E-state index in [-0.39, 0.29) is 6.04 Å². The summed E-state index contributed by atoms with van der Waals surface area (Å²) in [4.78, 5) is 2.34. The summed E-state index contributed by atoms with van der Waals surface area (Å²) in [5.41, 5.74) is 6.88. The van der Waals surface area contributed by atoms with Gasteiger partial charge in [0.15, 0.2) is 0 Å². The van der Waals surface area contributed by atoms with E-state index in [1.807, 2.05) is 6.07 Å². The van der Waals surface area contributed by atoms with Gasteiger partial charge in [0, 0.05) is 13.1 Å². The molecular weight excluding hydrogens is 208 g/mol. The fourth-order valence-electron chi connectivity index (χ4n) is 1.94. The molecule has 1 unspecified atom stereocenters. The second kappa shape index (κ2) is 7.89. The van der Waals surface area contributed by atoms with Crippen LogP contribution in [0.15, 0.2) is 30.3 Å². The number of hydrogen-bond acceptors (Lipinski definition) is 2. The molecule has 0 spiro atoms. The molecule has 0 aliphatic rings. The Morgan fingerprint density at radius 2 is 2.06 bits per heavy atom. The van der Waals surface area contributed by atoms with Gasteiger partial charge in [-0.3, -0.25) is 4.90 Å². The number of rotatable bonds is 7. The highest BCUT2D eigenvalue weighted by Gasteiger charge is 2.13. The lowest BCUT2D eigenvalue weighted by molar-refractivity contribution is 0.220. The van der Waals surface area contributed by atoms with Crippen molar-refractivity contribution in [3.8, 4) is 12.3 Å². The van der Waals surface area contributed by atoms with Crippen molar-refractivity contribution in [1.29, 1.82) is 0 Å². The van der Waals surface area contributed by atoms with E-state index < -0.39 is 0 Å². The minimum Gasteiger partial charge on any atom is -0.330 e. The van der Waals surface area contributed by atoms with Crippen LogP contribution in [0.4, 0.5) is 0 Å². The summed E-state index contributed by atoms with van der Waals surface area (Å²) in [7, 11) is 0. The Bertz CT molecular complexity index is 340. The van der Waals surface area contributed by atoms with E-state index in [4.69, 9.17) is 12.2 Å². The van der Waals surface area contributed by atoms with Gasteiger partial charge in [-0.1, -0.05) is 43.2 Å². The SMILES string of the molecule is C#CC(CC)N(CCCN)Cc1ccccc1. The van der Waals surface area contributed by atoms with Crippen molar-refractivity contribution in [2.45, 2.75) is 32.4 Å². The zero-order valence-corrected chi connectivity index (χ0v) is 10.6. The molecule has 2 nitrogen and oxygen atoms in total. The van der Waals surface area contributed by atoms with Gasteiger partial charge in [0.05, 0.1) is 6.04 Å². The lowest BCUT2D eigenvalue weighted by atomic mass is 10.1. The first-order valence-corrected chi connectivity index (χ1v) is 6.26. The fraction of sp³-hybridized carbons (Fsp3) is 0.467. The van der Waals surface area contributed by atoms with Crippen molar-refractivity contribution in [2.75, 3.05) is 13.1 Å². The molecule has 0 aliphatic heterocycles. The summed E-state index contributed by atoms with van der Waals surface area (Å²) in [6.07, 6.45) is 7.56. The molecule has 17 heavy (non-hydrogen) atoms. The highest BCUT2D eigenvalue weighted by atomic mass is 15.1. The molecule has 0 aromatic heterocycles. The van der Waals surface area contributed by atoms with E-state index in [1.54, 1.807) is 0 Å². The van der Waals surface area contributed by atoms with Crippen LogP contribution in [0.3, 0.4) is 0 Å². The zero-order chi connectivity index (χ0) is 12.5. The lowest BCUT2D eigenvalue weighted by Crippen LogP contribution is -2.35. The maximum absolute atomic E-state index is 5.59. The van der Waals surface area contributed by atoms with Crippen molar-refractivity contribution in [3.63, 3.8) is 0 Å². The van der Waals surface area contributed by atoms with Crippen LogP contribution in [0.5, 0.6) is 0 Å². The van der Waals surface area contributed by atoms with E-state index in [1.165, 1.54) is 5.56 Å². The predicted octanol–water partition coefficient (Wildman–Crippen LogP) is 2.25. The first-order valence-electron chi connectivity index (χ1n) is 6.26. The normalized spacial score (nSPS) is 12.4. The third kappa shape index (κ3) is 4.60. The van der Waals surface area contributed by atoms with Crippen LogP contribution in [0.1, 0.15) is 25.3 Å². The van der Waals surface area contributed by atoms with Crippen molar-refractivity contribution >= 4 is 0 Å². The average molecular weight is 230 g/mol. The van der Waals surface area contributed by atoms with Crippen LogP contribution in [-0.2, 0) is 6.54 Å². The lowest BCUT2D eigenvalue weighted by Gasteiger charge is -2.27. The van der Waals surface area contributed by atoms with Gasteiger partial charge in [-0.05, 0) is 24.9 Å². The second-order valence-corrected chi connectivity index (χ2v) is 4.19. The van der Waals surface area contributed by atoms with E-state index in [2.05, 4.69) is 42.0 Å². The maximum atomic E-state index is 5.59. The molecule has 0 saturated carbocycles. The van der Waals surface area contributed by atoms with Crippen molar-refractivity contribution in [2.24, 2.45) is 5.73 Å². The van der Waals surface area contributed by atoms with Gasteiger partial charge in [0.2, 0.25) is 0 Å². The zero-order valence-electron chi connectivity index (χ0n) is 10.6. The number of hydrogen-bond donors (Lipinski definition) is 1. The fourth-order valence-corrected chi connectivity index (χ4v) is 1.94. The average Bonchev–Trinajstić information content (AvgIpc) is 2.38. The number of terminal acetylenes is 1. The van der Waals surface area contributed by atoms with Crippen LogP contribution in [-0.4, -0.2) is 24.0 Å². The Morgan fingerprint density at radius 1 is 1.35 bits per heavy atom. The van der Waals surface area contributed by atoms with Crippen molar-refractivity contribution in [1.82, 2.24) is 4.90 Å². The van der Waals surface area contributed by atoms with E-state index >= 15 is 0 Å². The Morgan fingerprint density at radius 3 is 2.59 bits per heavy atom.